The first kappa shape index (κ1) is 23.8. The number of thiocarbonyl (C=S) groups is 1. The molecule has 0 saturated carbocycles. The summed E-state index contributed by atoms with van der Waals surface area (Å²) in [6, 6.07) is 5.26. The molecular formula is C22H23Cl2N3O2S2. The Morgan fingerprint density at radius 2 is 2.06 bits per heavy atom. The number of methoxy groups -OCH3 is 1. The van der Waals surface area contributed by atoms with Crippen molar-refractivity contribution >= 4 is 62.8 Å². The second kappa shape index (κ2) is 9.33. The van der Waals surface area contributed by atoms with Crippen LogP contribution in [-0.4, -0.2) is 18.1 Å². The van der Waals surface area contributed by atoms with E-state index >= 15 is 0 Å². The van der Waals surface area contributed by atoms with E-state index in [1.54, 1.807) is 0 Å². The summed E-state index contributed by atoms with van der Waals surface area (Å²) in [6.45, 7) is 6.75. The van der Waals surface area contributed by atoms with E-state index in [9.17, 15) is 10.1 Å². The SMILES string of the molecule is COc1c(Cl)cc(Cl)cc1C(=O)NC(=S)Nc1sc2c(c1C#N)CC[C@H](C(C)(C)C)C2. The molecule has 5 nitrogen and oxygen atoms in total. The maximum Gasteiger partial charge on any atom is 0.261 e. The number of ether oxygens (including phenoxy) is 1. The van der Waals surface area contributed by atoms with Gasteiger partial charge >= 0.3 is 0 Å². The van der Waals surface area contributed by atoms with Gasteiger partial charge in [-0.25, -0.2) is 0 Å². The lowest BCUT2D eigenvalue weighted by Crippen LogP contribution is -2.34. The predicted octanol–water partition coefficient (Wildman–Crippen LogP) is 6.21. The van der Waals surface area contributed by atoms with Crippen LogP contribution in [0.4, 0.5) is 5.00 Å². The molecule has 31 heavy (non-hydrogen) atoms. The van der Waals surface area contributed by atoms with Gasteiger partial charge in [0.2, 0.25) is 0 Å². The van der Waals surface area contributed by atoms with Gasteiger partial charge < -0.3 is 10.1 Å². The van der Waals surface area contributed by atoms with E-state index in [2.05, 4.69) is 37.5 Å². The van der Waals surface area contributed by atoms with Crippen LogP contribution in [0, 0.1) is 22.7 Å². The Morgan fingerprint density at radius 3 is 2.68 bits per heavy atom. The minimum atomic E-state index is -0.508. The van der Waals surface area contributed by atoms with Gasteiger partial charge in [-0.2, -0.15) is 5.26 Å². The molecule has 1 aliphatic rings. The zero-order valence-electron chi connectivity index (χ0n) is 17.7. The highest BCUT2D eigenvalue weighted by Gasteiger charge is 2.32. The monoisotopic (exact) mass is 495 g/mol. The molecule has 0 saturated heterocycles. The first-order valence-corrected chi connectivity index (χ1v) is 11.7. The van der Waals surface area contributed by atoms with Crippen molar-refractivity contribution in [3.05, 3.63) is 43.7 Å². The van der Waals surface area contributed by atoms with Gasteiger partial charge in [-0.3, -0.25) is 10.1 Å². The maximum absolute atomic E-state index is 12.7. The fourth-order valence-corrected chi connectivity index (χ4v) is 5.88. The Morgan fingerprint density at radius 1 is 1.35 bits per heavy atom. The summed E-state index contributed by atoms with van der Waals surface area (Å²) < 4.78 is 5.23. The second-order valence-corrected chi connectivity index (χ2v) is 10.9. The van der Waals surface area contributed by atoms with Gasteiger partial charge in [0.25, 0.3) is 5.91 Å². The summed E-state index contributed by atoms with van der Waals surface area (Å²) in [5, 5.41) is 16.7. The minimum absolute atomic E-state index is 0.0885. The lowest BCUT2D eigenvalue weighted by molar-refractivity contribution is 0.0974. The average Bonchev–Trinajstić information content (AvgIpc) is 3.02. The molecule has 0 unspecified atom stereocenters. The molecule has 1 aromatic carbocycles. The van der Waals surface area contributed by atoms with Crippen molar-refractivity contribution in [3.8, 4) is 11.8 Å². The molecule has 0 bridgehead atoms. The largest absolute Gasteiger partial charge is 0.494 e. The normalized spacial score (nSPS) is 15.6. The number of nitriles is 1. The van der Waals surface area contributed by atoms with Crippen molar-refractivity contribution in [1.29, 1.82) is 5.26 Å². The Kier molecular flexibility index (Phi) is 7.17. The van der Waals surface area contributed by atoms with Crippen LogP contribution >= 0.6 is 46.8 Å². The maximum atomic E-state index is 12.7. The standard InChI is InChI=1S/C22H23Cl2N3O2S2/c1-22(2,3)11-5-6-13-15(10-25)20(31-17(13)7-11)27-21(30)26-19(28)14-8-12(23)9-16(24)18(14)29-4/h8-9,11H,5-7H2,1-4H3,(H2,26,27,28,30)/t11-/m0/s1. The third-order valence-electron chi connectivity index (χ3n) is 5.51. The van der Waals surface area contributed by atoms with Gasteiger partial charge in [0.05, 0.1) is 23.3 Å². The number of benzene rings is 1. The van der Waals surface area contributed by atoms with Gasteiger partial charge in [-0.15, -0.1) is 11.3 Å². The number of anilines is 1. The summed E-state index contributed by atoms with van der Waals surface area (Å²) in [5.41, 5.74) is 2.08. The summed E-state index contributed by atoms with van der Waals surface area (Å²) in [6.07, 6.45) is 2.87. The Labute approximate surface area is 201 Å². The van der Waals surface area contributed by atoms with E-state index in [4.69, 9.17) is 40.2 Å². The van der Waals surface area contributed by atoms with Crippen molar-refractivity contribution in [2.75, 3.05) is 12.4 Å². The molecule has 1 amide bonds. The highest BCUT2D eigenvalue weighted by molar-refractivity contribution is 7.80. The molecule has 2 aromatic rings. The molecule has 0 spiro atoms. The van der Waals surface area contributed by atoms with Crippen molar-refractivity contribution < 1.29 is 9.53 Å². The number of amides is 1. The third kappa shape index (κ3) is 5.15. The van der Waals surface area contributed by atoms with Crippen LogP contribution in [0.5, 0.6) is 5.75 Å². The minimum Gasteiger partial charge on any atom is -0.494 e. The summed E-state index contributed by atoms with van der Waals surface area (Å²) >= 11 is 19.0. The number of hydrogen-bond donors (Lipinski definition) is 2. The molecule has 164 valence electrons. The number of hydrogen-bond acceptors (Lipinski definition) is 5. The topological polar surface area (TPSA) is 74.2 Å². The number of nitrogens with zero attached hydrogens (tertiary/aromatic N) is 1. The van der Waals surface area contributed by atoms with Crippen LogP contribution in [0.25, 0.3) is 0 Å². The fourth-order valence-electron chi connectivity index (χ4n) is 3.77. The number of nitrogens with one attached hydrogen (secondary N) is 2. The molecule has 0 fully saturated rings. The number of carbonyl (C=O) groups excluding carboxylic acids is 1. The van der Waals surface area contributed by atoms with E-state index < -0.39 is 5.91 Å². The van der Waals surface area contributed by atoms with Crippen LogP contribution in [0.1, 0.15) is 53.6 Å². The fraction of sp³-hybridized carbons (Fsp3) is 0.409. The van der Waals surface area contributed by atoms with E-state index in [-0.39, 0.29) is 26.9 Å². The van der Waals surface area contributed by atoms with Crippen LogP contribution in [-0.2, 0) is 12.8 Å². The summed E-state index contributed by atoms with van der Waals surface area (Å²) in [7, 11) is 1.42. The Balaban J connectivity index is 1.79. The molecule has 0 radical (unpaired) electrons. The van der Waals surface area contributed by atoms with Crippen molar-refractivity contribution in [3.63, 3.8) is 0 Å². The van der Waals surface area contributed by atoms with Crippen LogP contribution in [0.3, 0.4) is 0 Å². The van der Waals surface area contributed by atoms with Crippen LogP contribution in [0.2, 0.25) is 10.0 Å². The quantitative estimate of drug-likeness (QED) is 0.494. The van der Waals surface area contributed by atoms with Crippen molar-refractivity contribution in [1.82, 2.24) is 5.32 Å². The van der Waals surface area contributed by atoms with E-state index in [1.807, 2.05) is 0 Å². The molecule has 0 aliphatic heterocycles. The lowest BCUT2D eigenvalue weighted by Gasteiger charge is -2.33. The summed E-state index contributed by atoms with van der Waals surface area (Å²) in [4.78, 5) is 13.9. The summed E-state index contributed by atoms with van der Waals surface area (Å²) in [5.74, 6) is 0.264. The molecule has 1 aliphatic carbocycles. The number of halogens is 2. The third-order valence-corrected chi connectivity index (χ3v) is 7.39. The molecule has 9 heteroatoms. The first-order chi connectivity index (χ1) is 14.5. The van der Waals surface area contributed by atoms with Crippen LogP contribution < -0.4 is 15.4 Å². The van der Waals surface area contributed by atoms with Gasteiger partial charge in [-0.1, -0.05) is 44.0 Å². The number of rotatable bonds is 3. The lowest BCUT2D eigenvalue weighted by atomic mass is 9.72. The van der Waals surface area contributed by atoms with Gasteiger partial charge in [-0.05, 0) is 60.5 Å². The molecule has 1 heterocycles. The highest BCUT2D eigenvalue weighted by atomic mass is 35.5. The van der Waals surface area contributed by atoms with E-state index in [1.165, 1.54) is 35.5 Å². The predicted molar refractivity (Wildman–Crippen MR) is 131 cm³/mol. The number of carbonyl (C=O) groups is 1. The Bertz CT molecular complexity index is 1080. The van der Waals surface area contributed by atoms with Gasteiger partial charge in [0, 0.05) is 9.90 Å². The van der Waals surface area contributed by atoms with Crippen LogP contribution in [0.15, 0.2) is 12.1 Å². The van der Waals surface area contributed by atoms with Gasteiger partial charge in [0.1, 0.15) is 16.8 Å². The van der Waals surface area contributed by atoms with Crippen molar-refractivity contribution in [2.45, 2.75) is 40.0 Å². The van der Waals surface area contributed by atoms with E-state index in [0.29, 0.717) is 21.5 Å². The zero-order chi connectivity index (χ0) is 22.9. The highest BCUT2D eigenvalue weighted by Crippen LogP contribution is 2.44. The van der Waals surface area contributed by atoms with Gasteiger partial charge in [0.15, 0.2) is 5.11 Å². The molecular weight excluding hydrogens is 473 g/mol. The van der Waals surface area contributed by atoms with Crippen molar-refractivity contribution in [2.24, 2.45) is 11.3 Å². The Hall–Kier alpha value is -1.85. The second-order valence-electron chi connectivity index (χ2n) is 8.50. The molecule has 3 rings (SSSR count). The first-order valence-electron chi connectivity index (χ1n) is 9.75. The number of thiophene rings is 1. The molecule has 1 aromatic heterocycles. The van der Waals surface area contributed by atoms with E-state index in [0.717, 1.165) is 24.8 Å². The molecule has 1 atom stereocenters. The zero-order valence-corrected chi connectivity index (χ0v) is 20.8. The average molecular weight is 496 g/mol. The number of fused-ring (bicyclic) bond motifs is 1. The molecule has 2 N–H and O–H groups in total. The smallest absolute Gasteiger partial charge is 0.261 e.